The standard InChI is InChI=1S/C37H29F3N2O4/c1-36(2,35(44)45)26-9-7-8-25(20-26)24-16-14-23(15-17-24)21-42(22-27-18-19-32(46-27)37(38,39)40)34(43)33-28-10-3-5-12-30(28)41-31-13-6-4-11-29(31)33/h3-20H,21-22H2,1-2H3,(H,44,45). The van der Waals surface area contributed by atoms with E-state index in [9.17, 15) is 27.9 Å². The number of hydrogen-bond acceptors (Lipinski definition) is 4. The van der Waals surface area contributed by atoms with Crippen molar-refractivity contribution in [3.63, 3.8) is 0 Å². The van der Waals surface area contributed by atoms with Crippen molar-refractivity contribution in [2.24, 2.45) is 0 Å². The molecular weight excluding hydrogens is 593 g/mol. The molecule has 0 radical (unpaired) electrons. The number of carbonyl (C=O) groups is 2. The zero-order valence-electron chi connectivity index (χ0n) is 25.0. The second-order valence-electron chi connectivity index (χ2n) is 11.7. The predicted molar refractivity (Wildman–Crippen MR) is 169 cm³/mol. The third-order valence-electron chi connectivity index (χ3n) is 8.16. The van der Waals surface area contributed by atoms with Gasteiger partial charge in [0.25, 0.3) is 5.91 Å². The number of carboxylic acids is 1. The average molecular weight is 623 g/mol. The normalized spacial score (nSPS) is 12.0. The number of nitrogens with zero attached hydrogens (tertiary/aromatic N) is 2. The largest absolute Gasteiger partial charge is 0.481 e. The molecule has 0 bridgehead atoms. The summed E-state index contributed by atoms with van der Waals surface area (Å²) in [6, 6.07) is 31.4. The Morgan fingerprint density at radius 2 is 1.39 bits per heavy atom. The number of carboxylic acid groups (broad SMARTS) is 1. The van der Waals surface area contributed by atoms with E-state index in [1.54, 1.807) is 19.9 Å². The maximum atomic E-state index is 14.4. The van der Waals surface area contributed by atoms with Gasteiger partial charge in [0.1, 0.15) is 5.76 Å². The summed E-state index contributed by atoms with van der Waals surface area (Å²) in [5.74, 6) is -2.45. The Labute approximate surface area is 262 Å². The molecule has 1 amide bonds. The van der Waals surface area contributed by atoms with Crippen molar-refractivity contribution in [2.45, 2.75) is 38.5 Å². The molecule has 6 aromatic rings. The molecule has 6 nitrogen and oxygen atoms in total. The number of aromatic nitrogens is 1. The number of para-hydroxylation sites is 2. The van der Waals surface area contributed by atoms with Gasteiger partial charge in [-0.25, -0.2) is 4.98 Å². The summed E-state index contributed by atoms with van der Waals surface area (Å²) >= 11 is 0. The number of pyridine rings is 1. The lowest BCUT2D eigenvalue weighted by Crippen LogP contribution is -2.30. The molecule has 0 fully saturated rings. The summed E-state index contributed by atoms with van der Waals surface area (Å²) in [5.41, 5.74) is 3.65. The van der Waals surface area contributed by atoms with Crippen LogP contribution in [0.4, 0.5) is 13.2 Å². The Balaban J connectivity index is 1.38. The zero-order chi connectivity index (χ0) is 32.6. The minimum Gasteiger partial charge on any atom is -0.481 e. The van der Waals surface area contributed by atoms with Gasteiger partial charge < -0.3 is 14.4 Å². The van der Waals surface area contributed by atoms with Crippen LogP contribution in [0.2, 0.25) is 0 Å². The van der Waals surface area contributed by atoms with Crippen LogP contribution in [0.3, 0.4) is 0 Å². The molecule has 0 aliphatic rings. The first kappa shape index (κ1) is 30.6. The molecule has 0 saturated carbocycles. The van der Waals surface area contributed by atoms with Gasteiger partial charge in [-0.2, -0.15) is 13.2 Å². The fourth-order valence-corrected chi connectivity index (χ4v) is 5.47. The second kappa shape index (κ2) is 11.8. The molecule has 46 heavy (non-hydrogen) atoms. The Kier molecular flexibility index (Phi) is 7.85. The van der Waals surface area contributed by atoms with Crippen molar-refractivity contribution >= 4 is 33.7 Å². The maximum absolute atomic E-state index is 14.4. The van der Waals surface area contributed by atoms with Gasteiger partial charge in [-0.15, -0.1) is 0 Å². The minimum atomic E-state index is -4.66. The van der Waals surface area contributed by atoms with Gasteiger partial charge in [0, 0.05) is 17.3 Å². The lowest BCUT2D eigenvalue weighted by molar-refractivity contribution is -0.153. The van der Waals surface area contributed by atoms with E-state index in [1.165, 1.54) is 11.0 Å². The molecule has 0 spiro atoms. The van der Waals surface area contributed by atoms with Crippen molar-refractivity contribution in [1.82, 2.24) is 9.88 Å². The number of halogens is 3. The molecule has 0 aliphatic heterocycles. The summed E-state index contributed by atoms with van der Waals surface area (Å²) in [6.45, 7) is 3.18. The summed E-state index contributed by atoms with van der Waals surface area (Å²) in [6.07, 6.45) is -4.66. The van der Waals surface area contributed by atoms with Gasteiger partial charge in [0.2, 0.25) is 5.76 Å². The van der Waals surface area contributed by atoms with E-state index >= 15 is 0 Å². The first-order valence-electron chi connectivity index (χ1n) is 14.6. The van der Waals surface area contributed by atoms with Gasteiger partial charge in [-0.3, -0.25) is 9.59 Å². The molecule has 4 aromatic carbocycles. The van der Waals surface area contributed by atoms with Crippen molar-refractivity contribution in [3.8, 4) is 11.1 Å². The minimum absolute atomic E-state index is 0.00202. The third-order valence-corrected chi connectivity index (χ3v) is 8.16. The number of rotatable bonds is 8. The molecule has 0 unspecified atom stereocenters. The molecule has 0 atom stereocenters. The van der Waals surface area contributed by atoms with Crippen LogP contribution < -0.4 is 0 Å². The number of benzene rings is 4. The molecular formula is C37H29F3N2O4. The topological polar surface area (TPSA) is 83.6 Å². The Bertz CT molecular complexity index is 2030. The summed E-state index contributed by atoms with van der Waals surface area (Å²) in [7, 11) is 0. The number of fused-ring (bicyclic) bond motifs is 2. The van der Waals surface area contributed by atoms with E-state index in [1.807, 2.05) is 91.0 Å². The average Bonchev–Trinajstić information content (AvgIpc) is 3.53. The van der Waals surface area contributed by atoms with Crippen molar-refractivity contribution in [1.29, 1.82) is 0 Å². The van der Waals surface area contributed by atoms with E-state index in [2.05, 4.69) is 0 Å². The highest BCUT2D eigenvalue weighted by atomic mass is 19.4. The molecule has 9 heteroatoms. The van der Waals surface area contributed by atoms with Gasteiger partial charge in [0.05, 0.1) is 28.6 Å². The van der Waals surface area contributed by atoms with Crippen molar-refractivity contribution < 1.29 is 32.3 Å². The lowest BCUT2D eigenvalue weighted by Gasteiger charge is -2.24. The summed E-state index contributed by atoms with van der Waals surface area (Å²) < 4.78 is 45.2. The monoisotopic (exact) mass is 622 g/mol. The molecule has 6 rings (SSSR count). The number of alkyl halides is 3. The van der Waals surface area contributed by atoms with E-state index in [-0.39, 0.29) is 24.8 Å². The van der Waals surface area contributed by atoms with Crippen LogP contribution in [0.1, 0.15) is 46.9 Å². The van der Waals surface area contributed by atoms with E-state index in [4.69, 9.17) is 9.40 Å². The van der Waals surface area contributed by atoms with Crippen LogP contribution >= 0.6 is 0 Å². The van der Waals surface area contributed by atoms with Crippen LogP contribution in [-0.2, 0) is 29.5 Å². The van der Waals surface area contributed by atoms with Crippen molar-refractivity contribution in [3.05, 3.63) is 137 Å². The SMILES string of the molecule is CC(C)(C(=O)O)c1cccc(-c2ccc(CN(Cc3ccc(C(F)(F)F)o3)C(=O)c3c4ccccc4nc4ccccc34)cc2)c1. The number of aliphatic carboxylic acids is 1. The molecule has 0 saturated heterocycles. The Morgan fingerprint density at radius 1 is 0.761 bits per heavy atom. The highest BCUT2D eigenvalue weighted by Crippen LogP contribution is 2.33. The van der Waals surface area contributed by atoms with Crippen LogP contribution in [0.25, 0.3) is 32.9 Å². The molecule has 1 N–H and O–H groups in total. The highest BCUT2D eigenvalue weighted by Gasteiger charge is 2.35. The van der Waals surface area contributed by atoms with Gasteiger partial charge in [-0.05, 0) is 60.4 Å². The molecule has 0 aliphatic carbocycles. The fraction of sp³-hybridized carbons (Fsp3) is 0.162. The van der Waals surface area contributed by atoms with E-state index < -0.39 is 23.3 Å². The number of amides is 1. The van der Waals surface area contributed by atoms with E-state index in [0.717, 1.165) is 22.8 Å². The fourth-order valence-electron chi connectivity index (χ4n) is 5.47. The number of hydrogen-bond donors (Lipinski definition) is 1. The third kappa shape index (κ3) is 5.96. The van der Waals surface area contributed by atoms with Gasteiger partial charge in [0.15, 0.2) is 0 Å². The van der Waals surface area contributed by atoms with Crippen LogP contribution in [0.15, 0.2) is 114 Å². The second-order valence-corrected chi connectivity index (χ2v) is 11.7. The van der Waals surface area contributed by atoms with Crippen molar-refractivity contribution in [2.75, 3.05) is 0 Å². The first-order chi connectivity index (χ1) is 21.9. The predicted octanol–water partition coefficient (Wildman–Crippen LogP) is 8.87. The first-order valence-corrected chi connectivity index (χ1v) is 14.6. The molecule has 2 heterocycles. The summed E-state index contributed by atoms with van der Waals surface area (Å²) in [5, 5.41) is 10.9. The number of carbonyl (C=O) groups excluding carboxylic acids is 1. The molecule has 2 aromatic heterocycles. The lowest BCUT2D eigenvalue weighted by atomic mass is 9.83. The zero-order valence-corrected chi connectivity index (χ0v) is 25.0. The highest BCUT2D eigenvalue weighted by molar-refractivity contribution is 6.16. The van der Waals surface area contributed by atoms with Crippen LogP contribution in [0.5, 0.6) is 0 Å². The van der Waals surface area contributed by atoms with E-state index in [0.29, 0.717) is 32.9 Å². The molecule has 232 valence electrons. The quantitative estimate of drug-likeness (QED) is 0.172. The Hall–Kier alpha value is -5.44. The van der Waals surface area contributed by atoms with Crippen LogP contribution in [-0.4, -0.2) is 26.9 Å². The maximum Gasteiger partial charge on any atom is 0.449 e. The number of furan rings is 1. The van der Waals surface area contributed by atoms with Gasteiger partial charge >= 0.3 is 12.1 Å². The van der Waals surface area contributed by atoms with Gasteiger partial charge in [-0.1, -0.05) is 84.9 Å². The summed E-state index contributed by atoms with van der Waals surface area (Å²) in [4.78, 5) is 32.4. The smallest absolute Gasteiger partial charge is 0.449 e. The Morgan fingerprint density at radius 3 is 1.98 bits per heavy atom. The van der Waals surface area contributed by atoms with Crippen LogP contribution in [0, 0.1) is 0 Å².